The second-order valence-electron chi connectivity index (χ2n) is 18.5. The second-order valence-corrected chi connectivity index (χ2v) is 18.5. The first-order valence-corrected chi connectivity index (χ1v) is 26.5. The second kappa shape index (κ2) is 48.8. The van der Waals surface area contributed by atoms with E-state index in [2.05, 4.69) is 19.2 Å². The lowest BCUT2D eigenvalue weighted by Crippen LogP contribution is -2.45. The summed E-state index contributed by atoms with van der Waals surface area (Å²) in [7, 11) is 0. The first kappa shape index (κ1) is 57.1. The molecule has 0 fully saturated rings. The molecule has 0 radical (unpaired) electrons. The highest BCUT2D eigenvalue weighted by atomic mass is 16.3. The molecule has 0 saturated heterocycles. The maximum absolute atomic E-state index is 12.5. The van der Waals surface area contributed by atoms with E-state index in [0.717, 1.165) is 25.7 Å². The van der Waals surface area contributed by atoms with Gasteiger partial charge in [0.05, 0.1) is 31.3 Å². The fourth-order valence-corrected chi connectivity index (χ4v) is 8.52. The molecule has 0 aromatic carbocycles. The van der Waals surface area contributed by atoms with Crippen LogP contribution in [0.15, 0.2) is 12.2 Å². The largest absolute Gasteiger partial charge is 0.394 e. The van der Waals surface area contributed by atoms with E-state index in [-0.39, 0.29) is 18.9 Å². The Hall–Kier alpha value is -0.910. The van der Waals surface area contributed by atoms with Crippen molar-refractivity contribution in [1.82, 2.24) is 5.32 Å². The van der Waals surface area contributed by atoms with Crippen LogP contribution in [0.4, 0.5) is 0 Å². The van der Waals surface area contributed by atoms with Crippen molar-refractivity contribution in [2.75, 3.05) is 6.61 Å². The van der Waals surface area contributed by atoms with Gasteiger partial charge in [-0.3, -0.25) is 4.79 Å². The van der Waals surface area contributed by atoms with Gasteiger partial charge in [-0.05, 0) is 19.3 Å². The van der Waals surface area contributed by atoms with Crippen LogP contribution >= 0.6 is 0 Å². The predicted octanol–water partition coefficient (Wildman–Crippen LogP) is 15.9. The summed E-state index contributed by atoms with van der Waals surface area (Å²) >= 11 is 0. The van der Waals surface area contributed by atoms with Crippen molar-refractivity contribution in [3.05, 3.63) is 12.2 Å². The van der Waals surface area contributed by atoms with Crippen LogP contribution in [0.3, 0.4) is 0 Å². The van der Waals surface area contributed by atoms with Crippen LogP contribution in [-0.2, 0) is 4.79 Å². The average Bonchev–Trinajstić information content (AvgIpc) is 3.22. The third kappa shape index (κ3) is 44.6. The zero-order valence-corrected chi connectivity index (χ0v) is 39.5. The quantitative estimate of drug-likeness (QED) is 0.0364. The summed E-state index contributed by atoms with van der Waals surface area (Å²) in [6, 6.07) is -0.740. The first-order chi connectivity index (χ1) is 28.5. The molecule has 4 N–H and O–H groups in total. The van der Waals surface area contributed by atoms with E-state index < -0.39 is 18.2 Å². The van der Waals surface area contributed by atoms with Gasteiger partial charge in [0.25, 0.3) is 0 Å². The molecule has 0 aromatic rings. The highest BCUT2D eigenvalue weighted by molar-refractivity contribution is 5.76. The molecule has 0 aromatic heterocycles. The lowest BCUT2D eigenvalue weighted by Gasteiger charge is -2.21. The number of amides is 1. The summed E-state index contributed by atoms with van der Waals surface area (Å²) in [6.07, 6.45) is 59.6. The molecule has 5 heteroatoms. The fraction of sp³-hybridized carbons (Fsp3) is 0.943. The highest BCUT2D eigenvalue weighted by Crippen LogP contribution is 2.18. The Morgan fingerprint density at radius 2 is 0.707 bits per heavy atom. The topological polar surface area (TPSA) is 89.8 Å². The fourth-order valence-electron chi connectivity index (χ4n) is 8.52. The summed E-state index contributed by atoms with van der Waals surface area (Å²) in [6.45, 7) is 4.25. The molecule has 0 spiro atoms. The number of hydrogen-bond acceptors (Lipinski definition) is 4. The molecule has 0 aliphatic rings. The number of carbonyl (C=O) groups is 1. The Labute approximate surface area is 363 Å². The Balaban J connectivity index is 3.56. The molecule has 0 aliphatic heterocycles. The minimum absolute atomic E-state index is 0.0193. The van der Waals surface area contributed by atoms with Gasteiger partial charge in [0.15, 0.2) is 0 Å². The van der Waals surface area contributed by atoms with Crippen LogP contribution in [0, 0.1) is 0 Å². The van der Waals surface area contributed by atoms with Crippen molar-refractivity contribution in [3.63, 3.8) is 0 Å². The maximum Gasteiger partial charge on any atom is 0.222 e. The SMILES string of the molecule is CCCCCCCCCCCCCCCCCCCCCCC/C=C/C(O)C(CO)NC(=O)CC(O)CCCCCCCCCCCCCCCCCCCCCC. The molecule has 0 aliphatic carbocycles. The van der Waals surface area contributed by atoms with Crippen LogP contribution in [0.1, 0.15) is 296 Å². The summed E-state index contributed by atoms with van der Waals surface area (Å²) in [5.41, 5.74) is 0. The number of allylic oxidation sites excluding steroid dienone is 1. The molecular weight excluding hydrogens is 715 g/mol. The van der Waals surface area contributed by atoms with E-state index in [0.29, 0.717) is 6.42 Å². The van der Waals surface area contributed by atoms with Crippen molar-refractivity contribution < 1.29 is 20.1 Å². The Morgan fingerprint density at radius 3 is 1.00 bits per heavy atom. The predicted molar refractivity (Wildman–Crippen MR) is 255 cm³/mol. The maximum atomic E-state index is 12.5. The Kier molecular flexibility index (Phi) is 48.0. The molecule has 0 saturated carbocycles. The van der Waals surface area contributed by atoms with Crippen LogP contribution < -0.4 is 5.32 Å². The van der Waals surface area contributed by atoms with E-state index in [1.807, 2.05) is 6.08 Å². The van der Waals surface area contributed by atoms with Crippen LogP contribution in [0.2, 0.25) is 0 Å². The Morgan fingerprint density at radius 1 is 0.431 bits per heavy atom. The Bertz CT molecular complexity index is 818. The van der Waals surface area contributed by atoms with Gasteiger partial charge in [0.2, 0.25) is 5.91 Å². The molecule has 3 unspecified atom stereocenters. The van der Waals surface area contributed by atoms with Crippen LogP contribution in [0.25, 0.3) is 0 Å². The van der Waals surface area contributed by atoms with E-state index >= 15 is 0 Å². The van der Waals surface area contributed by atoms with Gasteiger partial charge in [-0.2, -0.15) is 0 Å². The highest BCUT2D eigenvalue weighted by Gasteiger charge is 2.20. The molecule has 58 heavy (non-hydrogen) atoms. The summed E-state index contributed by atoms with van der Waals surface area (Å²) in [5.74, 6) is -0.309. The third-order valence-electron chi connectivity index (χ3n) is 12.6. The normalized spacial score (nSPS) is 13.4. The summed E-state index contributed by atoms with van der Waals surface area (Å²) in [4.78, 5) is 12.5. The summed E-state index contributed by atoms with van der Waals surface area (Å²) in [5, 5.41) is 33.4. The molecular formula is C53H105NO4. The minimum atomic E-state index is -0.925. The van der Waals surface area contributed by atoms with E-state index in [9.17, 15) is 20.1 Å². The molecule has 0 heterocycles. The lowest BCUT2D eigenvalue weighted by molar-refractivity contribution is -0.124. The number of aliphatic hydroxyl groups is 3. The number of aliphatic hydroxyl groups excluding tert-OH is 3. The lowest BCUT2D eigenvalue weighted by atomic mass is 10.0. The number of nitrogens with one attached hydrogen (secondary N) is 1. The molecule has 1 amide bonds. The van der Waals surface area contributed by atoms with Crippen molar-refractivity contribution in [3.8, 4) is 0 Å². The van der Waals surface area contributed by atoms with Gasteiger partial charge in [0, 0.05) is 0 Å². The number of rotatable bonds is 49. The van der Waals surface area contributed by atoms with Crippen molar-refractivity contribution >= 4 is 5.91 Å². The van der Waals surface area contributed by atoms with Gasteiger partial charge < -0.3 is 20.6 Å². The van der Waals surface area contributed by atoms with Gasteiger partial charge in [-0.1, -0.05) is 283 Å². The molecule has 3 atom stereocenters. The zero-order valence-electron chi connectivity index (χ0n) is 39.5. The van der Waals surface area contributed by atoms with Gasteiger partial charge >= 0.3 is 0 Å². The van der Waals surface area contributed by atoms with E-state index in [4.69, 9.17) is 0 Å². The third-order valence-corrected chi connectivity index (χ3v) is 12.6. The van der Waals surface area contributed by atoms with Crippen LogP contribution in [0.5, 0.6) is 0 Å². The van der Waals surface area contributed by atoms with Gasteiger partial charge in [-0.25, -0.2) is 0 Å². The van der Waals surface area contributed by atoms with Gasteiger partial charge in [0.1, 0.15) is 0 Å². The van der Waals surface area contributed by atoms with Gasteiger partial charge in [-0.15, -0.1) is 0 Å². The number of carbonyl (C=O) groups excluding carboxylic acids is 1. The minimum Gasteiger partial charge on any atom is -0.394 e. The standard InChI is InChI=1S/C53H105NO4/c1-3-5-7-9-11-13-15-17-19-21-23-25-26-27-29-31-33-35-37-39-41-43-45-47-52(57)51(49-55)54-53(58)48-50(56)46-44-42-40-38-36-34-32-30-28-24-22-20-18-16-14-12-10-8-6-4-2/h45,47,50-52,55-57H,3-44,46,48-49H2,1-2H3,(H,54,58)/b47-45+. The molecule has 0 bridgehead atoms. The smallest absolute Gasteiger partial charge is 0.222 e. The van der Waals surface area contributed by atoms with Crippen LogP contribution in [-0.4, -0.2) is 46.1 Å². The van der Waals surface area contributed by atoms with Crippen molar-refractivity contribution in [1.29, 1.82) is 0 Å². The van der Waals surface area contributed by atoms with E-state index in [1.54, 1.807) is 6.08 Å². The number of hydrogen-bond donors (Lipinski definition) is 4. The molecule has 0 rings (SSSR count). The van der Waals surface area contributed by atoms with Crippen molar-refractivity contribution in [2.24, 2.45) is 0 Å². The van der Waals surface area contributed by atoms with E-state index in [1.165, 1.54) is 244 Å². The summed E-state index contributed by atoms with van der Waals surface area (Å²) < 4.78 is 0. The number of unbranched alkanes of at least 4 members (excludes halogenated alkanes) is 40. The molecule has 5 nitrogen and oxygen atoms in total. The monoisotopic (exact) mass is 820 g/mol. The van der Waals surface area contributed by atoms with Crippen molar-refractivity contribution in [2.45, 2.75) is 315 Å². The zero-order chi connectivity index (χ0) is 42.3. The molecule has 346 valence electrons. The average molecular weight is 820 g/mol. The first-order valence-electron chi connectivity index (χ1n) is 26.5.